The van der Waals surface area contributed by atoms with Gasteiger partial charge in [-0.1, -0.05) is 60.7 Å². The molecule has 0 atom stereocenters. The second kappa shape index (κ2) is 6.38. The van der Waals surface area contributed by atoms with Gasteiger partial charge in [-0.2, -0.15) is 16.8 Å². The highest BCUT2D eigenvalue weighted by Gasteiger charge is 2.50. The van der Waals surface area contributed by atoms with E-state index in [4.69, 9.17) is 14.1 Å². The molecular weight excluding hydrogens is 316 g/mol. The van der Waals surface area contributed by atoms with Crippen LogP contribution in [0.15, 0.2) is 60.7 Å². The second-order valence-corrected chi connectivity index (χ2v) is 6.65. The first kappa shape index (κ1) is 16.1. The lowest BCUT2D eigenvalue weighted by atomic mass is 10.1. The normalized spacial score (nSPS) is 18.5. The van der Waals surface area contributed by atoms with Crippen LogP contribution in [0.4, 0.5) is 0 Å². The number of nitrogens with two attached hydrogens (primary N) is 1. The summed E-state index contributed by atoms with van der Waals surface area (Å²) in [6.45, 7) is 1.33. The summed E-state index contributed by atoms with van der Waals surface area (Å²) in [4.78, 5) is 1.99. The standard InChI is InChI=1S/C16H18N2O4S/c17-16(21-23(19,20)22-16)13-18(11-14-7-3-1-4-8-14)12-15-9-5-2-6-10-15/h1-10H,11-13,17H2. The monoisotopic (exact) mass is 334 g/mol. The maximum atomic E-state index is 11.1. The van der Waals surface area contributed by atoms with Crippen LogP contribution in [-0.4, -0.2) is 25.8 Å². The van der Waals surface area contributed by atoms with E-state index in [9.17, 15) is 8.42 Å². The Morgan fingerprint density at radius 3 is 1.70 bits per heavy atom. The van der Waals surface area contributed by atoms with Crippen molar-refractivity contribution < 1.29 is 16.8 Å². The molecule has 0 spiro atoms. The molecule has 7 heteroatoms. The molecular formula is C16H18N2O4S. The van der Waals surface area contributed by atoms with Crippen molar-refractivity contribution in [2.45, 2.75) is 19.0 Å². The molecule has 122 valence electrons. The maximum Gasteiger partial charge on any atom is 0.407 e. The summed E-state index contributed by atoms with van der Waals surface area (Å²) in [6.07, 6.45) is 0. The number of hydrogen-bond donors (Lipinski definition) is 1. The van der Waals surface area contributed by atoms with E-state index in [0.29, 0.717) is 13.1 Å². The fourth-order valence-corrected chi connectivity index (χ4v) is 3.38. The first-order valence-corrected chi connectivity index (χ1v) is 8.53. The van der Waals surface area contributed by atoms with Crippen molar-refractivity contribution in [2.24, 2.45) is 5.73 Å². The molecule has 0 aliphatic carbocycles. The zero-order chi connectivity index (χ0) is 16.3. The van der Waals surface area contributed by atoms with E-state index < -0.39 is 16.3 Å². The summed E-state index contributed by atoms with van der Waals surface area (Å²) in [6, 6.07) is 19.7. The number of rotatable bonds is 6. The summed E-state index contributed by atoms with van der Waals surface area (Å²) in [5.74, 6) is -1.62. The van der Waals surface area contributed by atoms with Gasteiger partial charge in [0.05, 0.1) is 6.54 Å². The van der Waals surface area contributed by atoms with Gasteiger partial charge in [0.2, 0.25) is 0 Å². The molecule has 1 fully saturated rings. The van der Waals surface area contributed by atoms with E-state index in [2.05, 4.69) is 0 Å². The Bertz CT molecular complexity index is 697. The largest absolute Gasteiger partial charge is 0.407 e. The minimum absolute atomic E-state index is 0.135. The third-order valence-electron chi connectivity index (χ3n) is 3.43. The highest BCUT2D eigenvalue weighted by molar-refractivity contribution is 7.82. The van der Waals surface area contributed by atoms with Gasteiger partial charge in [-0.3, -0.25) is 10.6 Å². The molecule has 6 nitrogen and oxygen atoms in total. The predicted molar refractivity (Wildman–Crippen MR) is 85.0 cm³/mol. The molecule has 0 unspecified atom stereocenters. The van der Waals surface area contributed by atoms with Crippen LogP contribution in [-0.2, 0) is 31.9 Å². The Morgan fingerprint density at radius 2 is 1.30 bits per heavy atom. The SMILES string of the molecule is NC1(CN(Cc2ccccc2)Cc2ccccc2)OS(=O)(=O)O1. The molecule has 0 aromatic heterocycles. The van der Waals surface area contributed by atoms with Crippen LogP contribution < -0.4 is 5.73 Å². The first-order chi connectivity index (χ1) is 10.9. The minimum Gasteiger partial charge on any atom is -0.288 e. The predicted octanol–water partition coefficient (Wildman–Crippen LogP) is 1.59. The number of nitrogens with zero attached hydrogens (tertiary/aromatic N) is 1. The topological polar surface area (TPSA) is 81.9 Å². The average molecular weight is 334 g/mol. The maximum absolute atomic E-state index is 11.1. The quantitative estimate of drug-likeness (QED) is 0.864. The molecule has 1 saturated heterocycles. The van der Waals surface area contributed by atoms with Crippen LogP contribution in [0.3, 0.4) is 0 Å². The third-order valence-corrected chi connectivity index (χ3v) is 4.40. The van der Waals surface area contributed by atoms with E-state index in [1.165, 1.54) is 0 Å². The molecule has 0 amide bonds. The molecule has 0 radical (unpaired) electrons. The van der Waals surface area contributed by atoms with Crippen LogP contribution in [0.25, 0.3) is 0 Å². The van der Waals surface area contributed by atoms with E-state index >= 15 is 0 Å². The Kier molecular flexibility index (Phi) is 4.47. The van der Waals surface area contributed by atoms with Gasteiger partial charge in [0.15, 0.2) is 0 Å². The lowest BCUT2D eigenvalue weighted by molar-refractivity contribution is -0.195. The number of benzene rings is 2. The summed E-state index contributed by atoms with van der Waals surface area (Å²) < 4.78 is 31.5. The van der Waals surface area contributed by atoms with Gasteiger partial charge in [-0.15, -0.1) is 0 Å². The van der Waals surface area contributed by atoms with Gasteiger partial charge in [0.25, 0.3) is 5.91 Å². The molecule has 2 N–H and O–H groups in total. The summed E-state index contributed by atoms with van der Waals surface area (Å²) in [5.41, 5.74) is 8.01. The fourth-order valence-electron chi connectivity index (χ4n) is 2.57. The van der Waals surface area contributed by atoms with Crippen molar-refractivity contribution >= 4 is 10.4 Å². The van der Waals surface area contributed by atoms with Crippen LogP contribution in [0.5, 0.6) is 0 Å². The van der Waals surface area contributed by atoms with Gasteiger partial charge in [-0.25, -0.2) is 0 Å². The molecule has 23 heavy (non-hydrogen) atoms. The number of hydrogen-bond acceptors (Lipinski definition) is 6. The minimum atomic E-state index is -3.93. The molecule has 1 aliphatic rings. The Hall–Kier alpha value is -1.77. The van der Waals surface area contributed by atoms with Gasteiger partial charge in [0.1, 0.15) is 0 Å². The molecule has 1 aliphatic heterocycles. The lowest BCUT2D eigenvalue weighted by Crippen LogP contribution is -2.63. The Balaban J connectivity index is 1.73. The van der Waals surface area contributed by atoms with Crippen LogP contribution in [0, 0.1) is 0 Å². The van der Waals surface area contributed by atoms with Crippen molar-refractivity contribution in [2.75, 3.05) is 6.54 Å². The van der Waals surface area contributed by atoms with Crippen LogP contribution in [0.2, 0.25) is 0 Å². The van der Waals surface area contributed by atoms with Crippen molar-refractivity contribution in [3.8, 4) is 0 Å². The second-order valence-electron chi connectivity index (χ2n) is 5.50. The highest BCUT2D eigenvalue weighted by atomic mass is 32.3. The fraction of sp³-hybridized carbons (Fsp3) is 0.250. The zero-order valence-electron chi connectivity index (χ0n) is 12.5. The van der Waals surface area contributed by atoms with Crippen molar-refractivity contribution in [1.29, 1.82) is 0 Å². The average Bonchev–Trinajstić information content (AvgIpc) is 2.46. The molecule has 1 heterocycles. The van der Waals surface area contributed by atoms with Crippen LogP contribution in [0.1, 0.15) is 11.1 Å². The molecule has 0 saturated carbocycles. The molecule has 2 aromatic rings. The highest BCUT2D eigenvalue weighted by Crippen LogP contribution is 2.27. The molecule has 0 bridgehead atoms. The molecule has 3 rings (SSSR count). The van der Waals surface area contributed by atoms with Crippen molar-refractivity contribution in [3.05, 3.63) is 71.8 Å². The van der Waals surface area contributed by atoms with E-state index in [0.717, 1.165) is 11.1 Å². The summed E-state index contributed by atoms with van der Waals surface area (Å²) in [7, 11) is -3.93. The van der Waals surface area contributed by atoms with E-state index in [1.807, 2.05) is 65.6 Å². The summed E-state index contributed by atoms with van der Waals surface area (Å²) >= 11 is 0. The van der Waals surface area contributed by atoms with Crippen molar-refractivity contribution in [1.82, 2.24) is 4.90 Å². The summed E-state index contributed by atoms with van der Waals surface area (Å²) in [5, 5.41) is 0. The Morgan fingerprint density at radius 1 is 0.870 bits per heavy atom. The van der Waals surface area contributed by atoms with E-state index in [-0.39, 0.29) is 6.54 Å². The van der Waals surface area contributed by atoms with Gasteiger partial charge in [0, 0.05) is 13.1 Å². The van der Waals surface area contributed by atoms with Crippen molar-refractivity contribution in [3.63, 3.8) is 0 Å². The first-order valence-electron chi connectivity index (χ1n) is 7.19. The molecule has 2 aromatic carbocycles. The van der Waals surface area contributed by atoms with Gasteiger partial charge >= 0.3 is 10.4 Å². The van der Waals surface area contributed by atoms with Gasteiger partial charge in [-0.05, 0) is 11.1 Å². The third kappa shape index (κ3) is 4.37. The van der Waals surface area contributed by atoms with Crippen LogP contribution >= 0.6 is 0 Å². The smallest absolute Gasteiger partial charge is 0.288 e. The lowest BCUT2D eigenvalue weighted by Gasteiger charge is -2.38. The van der Waals surface area contributed by atoms with Gasteiger partial charge < -0.3 is 0 Å². The van der Waals surface area contributed by atoms with E-state index in [1.54, 1.807) is 0 Å². The Labute approximate surface area is 135 Å². The zero-order valence-corrected chi connectivity index (χ0v) is 13.3.